The molecule has 0 saturated carbocycles. The van der Waals surface area contributed by atoms with Gasteiger partial charge in [0, 0.05) is 37.5 Å². The highest BCUT2D eigenvalue weighted by Gasteiger charge is 2.06. The molecule has 0 aromatic heterocycles. The second kappa shape index (κ2) is 8.13. The van der Waals surface area contributed by atoms with Crippen molar-refractivity contribution in [2.75, 3.05) is 19.0 Å². The lowest BCUT2D eigenvalue weighted by molar-refractivity contribution is 0.0954. The summed E-state index contributed by atoms with van der Waals surface area (Å²) in [5, 5.41) is 4.28. The zero-order valence-corrected chi connectivity index (χ0v) is 13.9. The van der Waals surface area contributed by atoms with Crippen LogP contribution in [0.5, 0.6) is 0 Å². The smallest absolute Gasteiger partial charge is 0.271 e. The van der Waals surface area contributed by atoms with E-state index in [0.29, 0.717) is 5.56 Å². The first-order chi connectivity index (χ1) is 11.1. The van der Waals surface area contributed by atoms with Crippen molar-refractivity contribution in [3.8, 4) is 0 Å². The highest BCUT2D eigenvalue weighted by Crippen LogP contribution is 2.12. The minimum absolute atomic E-state index is 0.186. The fourth-order valence-corrected chi connectivity index (χ4v) is 2.18. The van der Waals surface area contributed by atoms with E-state index in [-0.39, 0.29) is 5.91 Å². The van der Waals surface area contributed by atoms with Crippen LogP contribution in [0, 0.1) is 0 Å². The van der Waals surface area contributed by atoms with Crippen LogP contribution >= 0.6 is 0 Å². The molecule has 0 atom stereocenters. The summed E-state index contributed by atoms with van der Waals surface area (Å²) in [6.07, 6.45) is 1.55. The van der Waals surface area contributed by atoms with Crippen molar-refractivity contribution in [2.45, 2.75) is 19.8 Å². The minimum Gasteiger partial charge on any atom is -0.378 e. The molecule has 0 saturated heterocycles. The van der Waals surface area contributed by atoms with Crippen molar-refractivity contribution in [1.82, 2.24) is 5.43 Å². The zero-order chi connectivity index (χ0) is 16.7. The van der Waals surface area contributed by atoms with Gasteiger partial charge in [0.05, 0.1) is 0 Å². The summed E-state index contributed by atoms with van der Waals surface area (Å²) in [5.74, 6) is -0.186. The van der Waals surface area contributed by atoms with Crippen molar-refractivity contribution in [3.05, 3.63) is 65.7 Å². The zero-order valence-electron chi connectivity index (χ0n) is 13.9. The van der Waals surface area contributed by atoms with E-state index in [4.69, 9.17) is 0 Å². The van der Waals surface area contributed by atoms with E-state index in [2.05, 4.69) is 22.7 Å². The van der Waals surface area contributed by atoms with Gasteiger partial charge in [-0.2, -0.15) is 5.10 Å². The third-order valence-electron chi connectivity index (χ3n) is 3.62. The molecule has 120 valence electrons. The normalized spacial score (nSPS) is 11.2. The Hall–Kier alpha value is -2.62. The monoisotopic (exact) mass is 309 g/mol. The second-order valence-corrected chi connectivity index (χ2v) is 5.58. The molecule has 0 radical (unpaired) electrons. The van der Waals surface area contributed by atoms with E-state index in [1.807, 2.05) is 68.4 Å². The van der Waals surface area contributed by atoms with E-state index in [1.54, 1.807) is 0 Å². The Kier molecular flexibility index (Phi) is 5.92. The first-order valence-electron chi connectivity index (χ1n) is 7.77. The third-order valence-corrected chi connectivity index (χ3v) is 3.62. The largest absolute Gasteiger partial charge is 0.378 e. The Balaban J connectivity index is 2.00. The average Bonchev–Trinajstić information content (AvgIpc) is 2.59. The fourth-order valence-electron chi connectivity index (χ4n) is 2.18. The summed E-state index contributed by atoms with van der Waals surface area (Å²) in [5.41, 5.74) is 6.46. The molecule has 0 aliphatic heterocycles. The Bertz CT molecular complexity index is 661. The van der Waals surface area contributed by atoms with Crippen LogP contribution in [-0.4, -0.2) is 25.7 Å². The maximum absolute atomic E-state index is 12.2. The number of hydrogen-bond acceptors (Lipinski definition) is 3. The molecular weight excluding hydrogens is 286 g/mol. The van der Waals surface area contributed by atoms with Crippen molar-refractivity contribution in [3.63, 3.8) is 0 Å². The van der Waals surface area contributed by atoms with Gasteiger partial charge in [0.25, 0.3) is 5.91 Å². The number of rotatable bonds is 6. The molecule has 0 aliphatic rings. The molecule has 1 amide bonds. The van der Waals surface area contributed by atoms with Crippen LogP contribution in [0.15, 0.2) is 59.7 Å². The topological polar surface area (TPSA) is 44.7 Å². The molecule has 0 heterocycles. The van der Waals surface area contributed by atoms with Crippen molar-refractivity contribution in [1.29, 1.82) is 0 Å². The van der Waals surface area contributed by atoms with Crippen LogP contribution in [-0.2, 0) is 6.42 Å². The molecular formula is C19H23N3O. The van der Waals surface area contributed by atoms with Crippen LogP contribution in [0.3, 0.4) is 0 Å². The highest BCUT2D eigenvalue weighted by molar-refractivity contribution is 5.96. The molecule has 2 rings (SSSR count). The summed E-state index contributed by atoms with van der Waals surface area (Å²) >= 11 is 0. The number of nitrogens with zero attached hydrogens (tertiary/aromatic N) is 2. The van der Waals surface area contributed by atoms with Crippen LogP contribution in [0.2, 0.25) is 0 Å². The Morgan fingerprint density at radius 2 is 1.70 bits per heavy atom. The summed E-state index contributed by atoms with van der Waals surface area (Å²) in [4.78, 5) is 14.2. The van der Waals surface area contributed by atoms with Gasteiger partial charge in [-0.3, -0.25) is 4.79 Å². The molecule has 0 fully saturated rings. The Morgan fingerprint density at radius 3 is 2.26 bits per heavy atom. The van der Waals surface area contributed by atoms with Crippen LogP contribution in [0.1, 0.15) is 29.3 Å². The molecule has 23 heavy (non-hydrogen) atoms. The highest BCUT2D eigenvalue weighted by atomic mass is 16.2. The number of hydrazone groups is 1. The number of amides is 1. The maximum atomic E-state index is 12.2. The molecule has 0 spiro atoms. The minimum atomic E-state index is -0.186. The number of hydrogen-bond donors (Lipinski definition) is 1. The molecule has 4 heteroatoms. The number of benzene rings is 2. The summed E-state index contributed by atoms with van der Waals surface area (Å²) in [6, 6.07) is 17.6. The molecule has 2 aromatic rings. The van der Waals surface area contributed by atoms with E-state index in [1.165, 1.54) is 5.56 Å². The Morgan fingerprint density at radius 1 is 1.04 bits per heavy atom. The second-order valence-electron chi connectivity index (χ2n) is 5.58. The number of nitrogens with one attached hydrogen (secondary N) is 1. The van der Waals surface area contributed by atoms with Gasteiger partial charge in [-0.05, 0) is 36.2 Å². The predicted molar refractivity (Wildman–Crippen MR) is 96.1 cm³/mol. The molecule has 2 aromatic carbocycles. The van der Waals surface area contributed by atoms with Gasteiger partial charge in [0.15, 0.2) is 0 Å². The van der Waals surface area contributed by atoms with Gasteiger partial charge in [-0.1, -0.05) is 37.3 Å². The van der Waals surface area contributed by atoms with Gasteiger partial charge in [-0.15, -0.1) is 0 Å². The quantitative estimate of drug-likeness (QED) is 0.656. The van der Waals surface area contributed by atoms with E-state index in [0.717, 1.165) is 24.2 Å². The van der Waals surface area contributed by atoms with Gasteiger partial charge in [-0.25, -0.2) is 5.43 Å². The first-order valence-corrected chi connectivity index (χ1v) is 7.77. The van der Waals surface area contributed by atoms with Crippen LogP contribution < -0.4 is 10.3 Å². The fraction of sp³-hybridized carbons (Fsp3) is 0.263. The van der Waals surface area contributed by atoms with E-state index >= 15 is 0 Å². The molecule has 0 unspecified atom stereocenters. The standard InChI is InChI=1S/C19H23N3O/c1-4-17(14-15-8-6-5-7-9-15)20-21-19(23)16-10-12-18(13-11-16)22(2)3/h5-13H,4,14H2,1-3H3,(H,21,23)/b20-17+. The lowest BCUT2D eigenvalue weighted by Gasteiger charge is -2.12. The Labute approximate surface area is 137 Å². The van der Waals surface area contributed by atoms with E-state index < -0.39 is 0 Å². The SMILES string of the molecule is CC/C(Cc1ccccc1)=N\NC(=O)c1ccc(N(C)C)cc1. The predicted octanol–water partition coefficient (Wildman–Crippen LogP) is 3.49. The van der Waals surface area contributed by atoms with Crippen molar-refractivity contribution < 1.29 is 4.79 Å². The number of anilines is 1. The summed E-state index contributed by atoms with van der Waals surface area (Å²) in [7, 11) is 3.94. The third kappa shape index (κ3) is 4.95. The maximum Gasteiger partial charge on any atom is 0.271 e. The van der Waals surface area contributed by atoms with Crippen LogP contribution in [0.4, 0.5) is 5.69 Å². The van der Waals surface area contributed by atoms with E-state index in [9.17, 15) is 4.79 Å². The van der Waals surface area contributed by atoms with Gasteiger partial charge >= 0.3 is 0 Å². The van der Waals surface area contributed by atoms with Crippen molar-refractivity contribution >= 4 is 17.3 Å². The van der Waals surface area contributed by atoms with Crippen molar-refractivity contribution in [2.24, 2.45) is 5.10 Å². The number of carbonyl (C=O) groups is 1. The lowest BCUT2D eigenvalue weighted by Crippen LogP contribution is -2.20. The molecule has 0 bridgehead atoms. The first kappa shape index (κ1) is 16.7. The molecule has 1 N–H and O–H groups in total. The molecule has 4 nitrogen and oxygen atoms in total. The average molecular weight is 309 g/mol. The molecule has 0 aliphatic carbocycles. The number of carbonyl (C=O) groups excluding carboxylic acids is 1. The summed E-state index contributed by atoms with van der Waals surface area (Å²) in [6.45, 7) is 2.04. The van der Waals surface area contributed by atoms with Crippen LogP contribution in [0.25, 0.3) is 0 Å². The summed E-state index contributed by atoms with van der Waals surface area (Å²) < 4.78 is 0. The van der Waals surface area contributed by atoms with Gasteiger partial charge < -0.3 is 4.90 Å². The lowest BCUT2D eigenvalue weighted by atomic mass is 10.1. The van der Waals surface area contributed by atoms with Gasteiger partial charge in [0.2, 0.25) is 0 Å². The van der Waals surface area contributed by atoms with Gasteiger partial charge in [0.1, 0.15) is 0 Å².